The van der Waals surface area contributed by atoms with Crippen LogP contribution in [0.1, 0.15) is 32.0 Å². The summed E-state index contributed by atoms with van der Waals surface area (Å²) in [6, 6.07) is 12.8. The minimum absolute atomic E-state index is 0.00305. The van der Waals surface area contributed by atoms with Gasteiger partial charge < -0.3 is 10.6 Å². The normalized spacial score (nSPS) is 11.3. The van der Waals surface area contributed by atoms with Crippen molar-refractivity contribution in [3.63, 3.8) is 0 Å². The van der Waals surface area contributed by atoms with Crippen molar-refractivity contribution in [2.45, 2.75) is 13.1 Å². The summed E-state index contributed by atoms with van der Waals surface area (Å²) in [6.45, 7) is 1.57. The molecule has 0 radical (unpaired) electrons. The molecule has 0 atom stereocenters. The molecule has 2 aromatic carbocycles. The second-order valence-electron chi connectivity index (χ2n) is 6.59. The number of para-hydroxylation sites is 1. The maximum atomic E-state index is 13.7. The standard InChI is InChI=1S/C21H18ClF3N4O2/c1-13-6-2-5-9-17(13)29-18(21(23,24)25)15(12-28-29)20(31)27-11-10-26-19(30)14-7-3-4-8-16(14)22/h2-9,12H,10-11H2,1H3,(H,26,30)(H,27,31). The van der Waals surface area contributed by atoms with Gasteiger partial charge in [0.2, 0.25) is 0 Å². The van der Waals surface area contributed by atoms with E-state index in [-0.39, 0.29) is 29.4 Å². The second kappa shape index (κ2) is 9.22. The number of aromatic nitrogens is 2. The Bertz CT molecular complexity index is 1110. The van der Waals surface area contributed by atoms with Gasteiger partial charge >= 0.3 is 6.18 Å². The number of benzene rings is 2. The van der Waals surface area contributed by atoms with Gasteiger partial charge in [0.25, 0.3) is 11.8 Å². The summed E-state index contributed by atoms with van der Waals surface area (Å²) in [7, 11) is 0. The van der Waals surface area contributed by atoms with E-state index < -0.39 is 29.2 Å². The first kappa shape index (κ1) is 22.4. The van der Waals surface area contributed by atoms with Crippen LogP contribution in [0, 0.1) is 6.92 Å². The van der Waals surface area contributed by atoms with Gasteiger partial charge in [0.1, 0.15) is 0 Å². The van der Waals surface area contributed by atoms with Gasteiger partial charge in [0.05, 0.1) is 28.0 Å². The molecular formula is C21H18ClF3N4O2. The molecule has 6 nitrogen and oxygen atoms in total. The Balaban J connectivity index is 1.70. The lowest BCUT2D eigenvalue weighted by Gasteiger charge is -2.14. The fourth-order valence-corrected chi connectivity index (χ4v) is 3.18. The van der Waals surface area contributed by atoms with Crippen LogP contribution < -0.4 is 10.6 Å². The van der Waals surface area contributed by atoms with Crippen molar-refractivity contribution >= 4 is 23.4 Å². The van der Waals surface area contributed by atoms with Crippen LogP contribution in [0.15, 0.2) is 54.7 Å². The van der Waals surface area contributed by atoms with Crippen LogP contribution in [0.4, 0.5) is 13.2 Å². The average Bonchev–Trinajstić information content (AvgIpc) is 3.17. The highest BCUT2D eigenvalue weighted by Crippen LogP contribution is 2.34. The molecule has 0 saturated carbocycles. The SMILES string of the molecule is Cc1ccccc1-n1ncc(C(=O)NCCNC(=O)c2ccccc2Cl)c1C(F)(F)F. The first-order chi connectivity index (χ1) is 14.7. The fourth-order valence-electron chi connectivity index (χ4n) is 2.96. The van der Waals surface area contributed by atoms with Gasteiger partial charge in [0.15, 0.2) is 5.69 Å². The third-order valence-corrected chi connectivity index (χ3v) is 4.77. The zero-order valence-electron chi connectivity index (χ0n) is 16.3. The number of hydrogen-bond acceptors (Lipinski definition) is 3. The molecule has 162 valence electrons. The fraction of sp³-hybridized carbons (Fsp3) is 0.190. The van der Waals surface area contributed by atoms with Gasteiger partial charge in [-0.1, -0.05) is 41.9 Å². The number of halogens is 4. The lowest BCUT2D eigenvalue weighted by atomic mass is 10.1. The molecule has 0 fully saturated rings. The minimum Gasteiger partial charge on any atom is -0.350 e. The molecule has 10 heteroatoms. The molecule has 0 aliphatic rings. The van der Waals surface area contributed by atoms with E-state index in [1.807, 2.05) is 0 Å². The van der Waals surface area contributed by atoms with Gasteiger partial charge in [0, 0.05) is 13.1 Å². The van der Waals surface area contributed by atoms with Crippen LogP contribution in [0.5, 0.6) is 0 Å². The maximum Gasteiger partial charge on any atom is 0.434 e. The molecule has 0 aliphatic carbocycles. The Hall–Kier alpha value is -3.33. The van der Waals surface area contributed by atoms with Crippen molar-refractivity contribution in [3.8, 4) is 5.69 Å². The maximum absolute atomic E-state index is 13.7. The van der Waals surface area contributed by atoms with Crippen molar-refractivity contribution in [1.82, 2.24) is 20.4 Å². The van der Waals surface area contributed by atoms with Gasteiger partial charge in [-0.15, -0.1) is 0 Å². The van der Waals surface area contributed by atoms with E-state index in [2.05, 4.69) is 15.7 Å². The summed E-state index contributed by atoms with van der Waals surface area (Å²) in [5.74, 6) is -1.40. The van der Waals surface area contributed by atoms with Crippen LogP contribution in [-0.2, 0) is 6.18 Å². The molecule has 0 bridgehead atoms. The summed E-state index contributed by atoms with van der Waals surface area (Å²) >= 11 is 5.94. The first-order valence-corrected chi connectivity index (χ1v) is 9.60. The quantitative estimate of drug-likeness (QED) is 0.557. The summed E-state index contributed by atoms with van der Waals surface area (Å²) in [5.41, 5.74) is -0.715. The highest BCUT2D eigenvalue weighted by molar-refractivity contribution is 6.33. The minimum atomic E-state index is -4.80. The van der Waals surface area contributed by atoms with Crippen molar-refractivity contribution < 1.29 is 22.8 Å². The molecule has 0 aliphatic heterocycles. The molecule has 3 rings (SSSR count). The molecule has 0 saturated heterocycles. The predicted molar refractivity (Wildman–Crippen MR) is 109 cm³/mol. The van der Waals surface area contributed by atoms with Crippen LogP contribution in [0.25, 0.3) is 5.69 Å². The topological polar surface area (TPSA) is 76.0 Å². The summed E-state index contributed by atoms with van der Waals surface area (Å²) < 4.78 is 41.9. The number of nitrogens with one attached hydrogen (secondary N) is 2. The number of nitrogens with zero attached hydrogens (tertiary/aromatic N) is 2. The van der Waals surface area contributed by atoms with E-state index >= 15 is 0 Å². The third-order valence-electron chi connectivity index (χ3n) is 4.44. The van der Waals surface area contributed by atoms with Crippen LogP contribution in [0.2, 0.25) is 5.02 Å². The van der Waals surface area contributed by atoms with E-state index in [0.29, 0.717) is 10.2 Å². The van der Waals surface area contributed by atoms with Crippen molar-refractivity contribution in [2.75, 3.05) is 13.1 Å². The molecule has 2 amide bonds. The highest BCUT2D eigenvalue weighted by Gasteiger charge is 2.40. The molecule has 31 heavy (non-hydrogen) atoms. The van der Waals surface area contributed by atoms with E-state index in [0.717, 1.165) is 6.20 Å². The lowest BCUT2D eigenvalue weighted by molar-refractivity contribution is -0.143. The average molecular weight is 451 g/mol. The predicted octanol–water partition coefficient (Wildman–Crippen LogP) is 4.01. The van der Waals surface area contributed by atoms with Gasteiger partial charge in [-0.05, 0) is 30.7 Å². The Morgan fingerprint density at radius 3 is 2.16 bits per heavy atom. The van der Waals surface area contributed by atoms with Crippen molar-refractivity contribution in [1.29, 1.82) is 0 Å². The Labute approximate surface area is 181 Å². The van der Waals surface area contributed by atoms with Crippen LogP contribution in [-0.4, -0.2) is 34.7 Å². The summed E-state index contributed by atoms with van der Waals surface area (Å²) in [6.07, 6.45) is -3.92. The van der Waals surface area contributed by atoms with Gasteiger partial charge in [-0.2, -0.15) is 18.3 Å². The number of carbonyl (C=O) groups is 2. The molecular weight excluding hydrogens is 433 g/mol. The second-order valence-corrected chi connectivity index (χ2v) is 7.00. The number of alkyl halides is 3. The smallest absolute Gasteiger partial charge is 0.350 e. The van der Waals surface area contributed by atoms with E-state index in [4.69, 9.17) is 11.6 Å². The molecule has 2 N–H and O–H groups in total. The van der Waals surface area contributed by atoms with Gasteiger partial charge in [-0.3, -0.25) is 9.59 Å². The van der Waals surface area contributed by atoms with Crippen molar-refractivity contribution in [3.05, 3.63) is 82.1 Å². The Kier molecular flexibility index (Phi) is 6.65. The van der Waals surface area contributed by atoms with Crippen molar-refractivity contribution in [2.24, 2.45) is 0 Å². The Morgan fingerprint density at radius 2 is 1.55 bits per heavy atom. The first-order valence-electron chi connectivity index (χ1n) is 9.22. The lowest BCUT2D eigenvalue weighted by Crippen LogP contribution is -2.35. The number of amides is 2. The third kappa shape index (κ3) is 5.05. The monoisotopic (exact) mass is 450 g/mol. The number of rotatable bonds is 6. The molecule has 0 spiro atoms. The van der Waals surface area contributed by atoms with E-state index in [9.17, 15) is 22.8 Å². The zero-order chi connectivity index (χ0) is 22.6. The Morgan fingerprint density at radius 1 is 0.968 bits per heavy atom. The number of carbonyl (C=O) groups excluding carboxylic acids is 2. The van der Waals surface area contributed by atoms with Gasteiger partial charge in [-0.25, -0.2) is 4.68 Å². The number of hydrogen-bond donors (Lipinski definition) is 2. The molecule has 3 aromatic rings. The molecule has 1 heterocycles. The molecule has 0 unspecified atom stereocenters. The summed E-state index contributed by atoms with van der Waals surface area (Å²) in [4.78, 5) is 24.5. The van der Waals surface area contributed by atoms with Crippen LogP contribution in [0.3, 0.4) is 0 Å². The molecule has 1 aromatic heterocycles. The zero-order valence-corrected chi connectivity index (χ0v) is 17.1. The van der Waals surface area contributed by atoms with E-state index in [1.165, 1.54) is 12.1 Å². The largest absolute Gasteiger partial charge is 0.434 e. The summed E-state index contributed by atoms with van der Waals surface area (Å²) in [5, 5.41) is 8.98. The van der Waals surface area contributed by atoms with Crippen LogP contribution >= 0.6 is 11.6 Å². The highest BCUT2D eigenvalue weighted by atomic mass is 35.5. The van der Waals surface area contributed by atoms with E-state index in [1.54, 1.807) is 43.3 Å². The number of aryl methyl sites for hydroxylation is 1.